The number of hydrogen-bond acceptors (Lipinski definition) is 6. The average molecular weight is 462 g/mol. The summed E-state index contributed by atoms with van der Waals surface area (Å²) in [6.07, 6.45) is 13.5. The van der Waals surface area contributed by atoms with E-state index in [-0.39, 0.29) is 0 Å². The molecule has 2 N–H and O–H groups in total. The third kappa shape index (κ3) is 3.59. The van der Waals surface area contributed by atoms with Gasteiger partial charge in [0.25, 0.3) is 0 Å². The fourth-order valence-electron chi connectivity index (χ4n) is 4.99. The minimum absolute atomic E-state index is 0.775. The van der Waals surface area contributed by atoms with Crippen LogP contribution in [0.4, 0.5) is 0 Å². The molecule has 6 aromatic rings. The highest BCUT2D eigenvalue weighted by Gasteiger charge is 2.17. The fourth-order valence-corrected chi connectivity index (χ4v) is 4.99. The summed E-state index contributed by atoms with van der Waals surface area (Å²) in [7, 11) is 0. The van der Waals surface area contributed by atoms with Crippen molar-refractivity contribution in [3.8, 4) is 33.8 Å². The molecule has 0 atom stereocenters. The fraction of sp³-hybridized carbons (Fsp3) is 0.185. The van der Waals surface area contributed by atoms with Gasteiger partial charge in [-0.1, -0.05) is 0 Å². The van der Waals surface area contributed by atoms with Crippen molar-refractivity contribution >= 4 is 21.9 Å². The summed E-state index contributed by atoms with van der Waals surface area (Å²) in [5, 5.41) is 8.78. The lowest BCUT2D eigenvalue weighted by Gasteiger charge is -2.14. The zero-order valence-electron chi connectivity index (χ0n) is 19.0. The second-order valence-corrected chi connectivity index (χ2v) is 9.07. The largest absolute Gasteiger partial charge is 0.472 e. The van der Waals surface area contributed by atoms with Crippen LogP contribution in [0.5, 0.6) is 0 Å². The van der Waals surface area contributed by atoms with Gasteiger partial charge < -0.3 is 9.40 Å². The quantitative estimate of drug-likeness (QED) is 0.356. The topological polar surface area (TPSA) is 99.5 Å². The Morgan fingerprint density at radius 2 is 1.83 bits per heavy atom. The third-order valence-electron chi connectivity index (χ3n) is 6.74. The molecule has 0 radical (unpaired) electrons. The van der Waals surface area contributed by atoms with Gasteiger partial charge in [-0.3, -0.25) is 20.0 Å². The number of rotatable bonds is 5. The van der Waals surface area contributed by atoms with Gasteiger partial charge in [-0.2, -0.15) is 5.10 Å². The molecule has 0 aromatic carbocycles. The van der Waals surface area contributed by atoms with Gasteiger partial charge in [0.2, 0.25) is 0 Å². The van der Waals surface area contributed by atoms with Gasteiger partial charge in [-0.05, 0) is 61.8 Å². The molecular formula is C27H23N7O. The number of hydrogen-bond donors (Lipinski definition) is 2. The summed E-state index contributed by atoms with van der Waals surface area (Å²) in [6.45, 7) is 3.26. The summed E-state index contributed by atoms with van der Waals surface area (Å²) in [5.41, 5.74) is 9.40. The van der Waals surface area contributed by atoms with Crippen LogP contribution in [-0.2, 0) is 6.54 Å². The molecular weight excluding hydrogens is 438 g/mol. The Bertz CT molecular complexity index is 1640. The van der Waals surface area contributed by atoms with E-state index in [0.29, 0.717) is 0 Å². The summed E-state index contributed by atoms with van der Waals surface area (Å²) in [5.74, 6) is 0. The highest BCUT2D eigenvalue weighted by atomic mass is 16.3. The number of aromatic amines is 2. The predicted molar refractivity (Wildman–Crippen MR) is 134 cm³/mol. The highest BCUT2D eigenvalue weighted by Crippen LogP contribution is 2.33. The van der Waals surface area contributed by atoms with Gasteiger partial charge in [0, 0.05) is 47.2 Å². The molecule has 35 heavy (non-hydrogen) atoms. The van der Waals surface area contributed by atoms with E-state index >= 15 is 0 Å². The van der Waals surface area contributed by atoms with Crippen molar-refractivity contribution in [2.45, 2.75) is 19.4 Å². The van der Waals surface area contributed by atoms with Crippen LogP contribution >= 0.6 is 0 Å². The highest BCUT2D eigenvalue weighted by molar-refractivity contribution is 5.99. The molecule has 1 aliphatic heterocycles. The molecule has 1 aliphatic rings. The average Bonchev–Trinajstić information content (AvgIpc) is 3.70. The first-order chi connectivity index (χ1) is 17.3. The van der Waals surface area contributed by atoms with E-state index in [1.807, 2.05) is 43.0 Å². The smallest absolute Gasteiger partial charge is 0.135 e. The molecule has 8 heteroatoms. The Kier molecular flexibility index (Phi) is 4.70. The maximum absolute atomic E-state index is 5.28. The molecule has 1 fully saturated rings. The molecule has 172 valence electrons. The standard InChI is InChI=1S/C27H23N7O/c1-2-7-34(6-1)15-17-9-19(12-28-11-17)22-3-4-23-26(31-22)27(33-32-23)24-10-20-21(18-5-8-35-16-18)13-29-14-25(20)30-24/h3-5,8-14,16,30H,1-2,6-7,15H2,(H,32,33). The molecule has 6 aromatic heterocycles. The van der Waals surface area contributed by atoms with Gasteiger partial charge in [-0.25, -0.2) is 4.98 Å². The first-order valence-electron chi connectivity index (χ1n) is 11.8. The van der Waals surface area contributed by atoms with Crippen molar-refractivity contribution in [1.29, 1.82) is 0 Å². The second-order valence-electron chi connectivity index (χ2n) is 9.07. The van der Waals surface area contributed by atoms with Crippen LogP contribution in [0.25, 0.3) is 55.7 Å². The second kappa shape index (κ2) is 8.18. The monoisotopic (exact) mass is 461 g/mol. The molecule has 7 heterocycles. The number of nitrogens with one attached hydrogen (secondary N) is 2. The minimum Gasteiger partial charge on any atom is -0.472 e. The van der Waals surface area contributed by atoms with Crippen LogP contribution in [0.3, 0.4) is 0 Å². The van der Waals surface area contributed by atoms with Gasteiger partial charge in [0.15, 0.2) is 0 Å². The van der Waals surface area contributed by atoms with E-state index in [1.54, 1.807) is 12.5 Å². The lowest BCUT2D eigenvalue weighted by atomic mass is 10.1. The van der Waals surface area contributed by atoms with E-state index in [1.165, 1.54) is 18.4 Å². The van der Waals surface area contributed by atoms with E-state index in [0.717, 1.165) is 75.3 Å². The summed E-state index contributed by atoms with van der Waals surface area (Å²) >= 11 is 0. The van der Waals surface area contributed by atoms with Gasteiger partial charge >= 0.3 is 0 Å². The number of pyridine rings is 3. The van der Waals surface area contributed by atoms with Crippen molar-refractivity contribution in [2.24, 2.45) is 0 Å². The van der Waals surface area contributed by atoms with Crippen molar-refractivity contribution in [1.82, 2.24) is 35.0 Å². The van der Waals surface area contributed by atoms with Gasteiger partial charge in [-0.15, -0.1) is 0 Å². The summed E-state index contributed by atoms with van der Waals surface area (Å²) in [4.78, 5) is 19.8. The molecule has 1 saturated heterocycles. The van der Waals surface area contributed by atoms with Crippen molar-refractivity contribution in [3.63, 3.8) is 0 Å². The van der Waals surface area contributed by atoms with Gasteiger partial charge in [0.1, 0.15) is 11.2 Å². The first-order valence-corrected chi connectivity index (χ1v) is 11.8. The van der Waals surface area contributed by atoms with Crippen molar-refractivity contribution in [2.75, 3.05) is 13.1 Å². The zero-order chi connectivity index (χ0) is 23.2. The molecule has 0 amide bonds. The number of aromatic nitrogens is 6. The lowest BCUT2D eigenvalue weighted by Crippen LogP contribution is -2.18. The number of likely N-dealkylation sites (tertiary alicyclic amines) is 1. The van der Waals surface area contributed by atoms with Crippen molar-refractivity contribution in [3.05, 3.63) is 73.2 Å². The van der Waals surface area contributed by atoms with Crippen molar-refractivity contribution < 1.29 is 4.42 Å². The molecule has 0 saturated carbocycles. The third-order valence-corrected chi connectivity index (χ3v) is 6.74. The Morgan fingerprint density at radius 1 is 0.914 bits per heavy atom. The Morgan fingerprint density at radius 3 is 2.71 bits per heavy atom. The molecule has 8 nitrogen and oxygen atoms in total. The lowest BCUT2D eigenvalue weighted by molar-refractivity contribution is 0.331. The number of nitrogens with zero attached hydrogens (tertiary/aromatic N) is 5. The van der Waals surface area contributed by atoms with Crippen LogP contribution in [0.15, 0.2) is 72.1 Å². The zero-order valence-corrected chi connectivity index (χ0v) is 19.0. The molecule has 0 spiro atoms. The predicted octanol–water partition coefficient (Wildman–Crippen LogP) is 5.42. The molecule has 7 rings (SSSR count). The van der Waals surface area contributed by atoms with Crippen LogP contribution in [0, 0.1) is 0 Å². The Labute approximate surface area is 201 Å². The maximum atomic E-state index is 5.28. The Hall–Kier alpha value is -4.30. The summed E-state index contributed by atoms with van der Waals surface area (Å²) < 4.78 is 5.28. The van der Waals surface area contributed by atoms with Crippen LogP contribution in [0.2, 0.25) is 0 Å². The van der Waals surface area contributed by atoms with Crippen LogP contribution in [0.1, 0.15) is 18.4 Å². The Balaban J connectivity index is 1.28. The van der Waals surface area contributed by atoms with E-state index in [2.05, 4.69) is 42.2 Å². The van der Waals surface area contributed by atoms with Crippen LogP contribution < -0.4 is 0 Å². The van der Waals surface area contributed by atoms with Gasteiger partial charge in [0.05, 0.1) is 41.1 Å². The summed E-state index contributed by atoms with van der Waals surface area (Å²) in [6, 6.07) is 10.3. The van der Waals surface area contributed by atoms with E-state index in [9.17, 15) is 0 Å². The maximum Gasteiger partial charge on any atom is 0.135 e. The first kappa shape index (κ1) is 20.1. The number of fused-ring (bicyclic) bond motifs is 2. The van der Waals surface area contributed by atoms with E-state index in [4.69, 9.17) is 9.40 Å². The molecule has 0 aliphatic carbocycles. The molecule has 0 bridgehead atoms. The van der Waals surface area contributed by atoms with Crippen LogP contribution in [-0.4, -0.2) is 48.1 Å². The van der Waals surface area contributed by atoms with E-state index < -0.39 is 0 Å². The number of H-pyrrole nitrogens is 2. The normalized spacial score (nSPS) is 14.4. The number of furan rings is 1. The molecule has 0 unspecified atom stereocenters. The minimum atomic E-state index is 0.775. The SMILES string of the molecule is c1cc(-c2cncc3[nH]c(-c4n[nH]c5ccc(-c6cncc(CN7CCCC7)c6)nc45)cc23)co1.